The first-order valence-electron chi connectivity index (χ1n) is 12.4. The topological polar surface area (TPSA) is 67.2 Å². The molecule has 2 amide bonds. The molecule has 1 heterocycles. The molecule has 4 rings (SSSR count). The summed E-state index contributed by atoms with van der Waals surface area (Å²) < 4.78 is 2.62. The Morgan fingerprint density at radius 1 is 1.03 bits per heavy atom. The Morgan fingerprint density at radius 3 is 2.50 bits per heavy atom. The van der Waals surface area contributed by atoms with Crippen LogP contribution < -0.4 is 10.9 Å². The van der Waals surface area contributed by atoms with Gasteiger partial charge in [0.05, 0.1) is 23.5 Å². The Hall–Kier alpha value is -3.45. The molecule has 0 saturated carbocycles. The van der Waals surface area contributed by atoms with Crippen molar-refractivity contribution in [2.45, 2.75) is 45.7 Å². The molecule has 0 aliphatic rings. The SMILES string of the molecule is CCCCN(C(=O)Nc1cccc(Br)c1)C(CC)c1nc2ccccc2c(=O)n1Cc1ccccc1. The highest BCUT2D eigenvalue weighted by atomic mass is 79.9. The average molecular weight is 547 g/mol. The quantitative estimate of drug-likeness (QED) is 0.246. The second-order valence-corrected chi connectivity index (χ2v) is 9.69. The molecular weight excluding hydrogens is 516 g/mol. The van der Waals surface area contributed by atoms with E-state index in [9.17, 15) is 9.59 Å². The van der Waals surface area contributed by atoms with Gasteiger partial charge in [0.25, 0.3) is 5.56 Å². The van der Waals surface area contributed by atoms with Gasteiger partial charge < -0.3 is 10.2 Å². The first-order valence-corrected chi connectivity index (χ1v) is 13.2. The smallest absolute Gasteiger partial charge is 0.314 e. The number of fused-ring (bicyclic) bond motifs is 1. The lowest BCUT2D eigenvalue weighted by molar-refractivity contribution is 0.179. The van der Waals surface area contributed by atoms with Crippen molar-refractivity contribution >= 4 is 38.6 Å². The number of rotatable bonds is 9. The van der Waals surface area contributed by atoms with Crippen LogP contribution >= 0.6 is 15.9 Å². The molecule has 7 heteroatoms. The fourth-order valence-electron chi connectivity index (χ4n) is 4.39. The lowest BCUT2D eigenvalue weighted by Gasteiger charge is -2.32. The molecule has 0 aliphatic carbocycles. The van der Waals surface area contributed by atoms with E-state index in [0.29, 0.717) is 41.9 Å². The van der Waals surface area contributed by atoms with Crippen molar-refractivity contribution in [3.05, 3.63) is 105 Å². The summed E-state index contributed by atoms with van der Waals surface area (Å²) in [6, 6.07) is 24.3. The van der Waals surface area contributed by atoms with Crippen LogP contribution in [-0.2, 0) is 6.54 Å². The molecule has 3 aromatic carbocycles. The molecule has 1 unspecified atom stereocenters. The van der Waals surface area contributed by atoms with Crippen molar-refractivity contribution < 1.29 is 4.79 Å². The molecule has 1 aromatic heterocycles. The van der Waals surface area contributed by atoms with Gasteiger partial charge in [-0.2, -0.15) is 0 Å². The third kappa shape index (κ3) is 5.85. The highest BCUT2D eigenvalue weighted by Crippen LogP contribution is 2.26. The van der Waals surface area contributed by atoms with Crippen LogP contribution in [0.15, 0.2) is 88.1 Å². The van der Waals surface area contributed by atoms with Gasteiger partial charge in [0, 0.05) is 16.7 Å². The van der Waals surface area contributed by atoms with Gasteiger partial charge in [-0.15, -0.1) is 0 Å². The van der Waals surface area contributed by atoms with Crippen molar-refractivity contribution in [1.29, 1.82) is 0 Å². The zero-order chi connectivity index (χ0) is 25.5. The predicted octanol–water partition coefficient (Wildman–Crippen LogP) is 6.99. The first kappa shape index (κ1) is 25.6. The number of nitrogens with zero attached hydrogens (tertiary/aromatic N) is 3. The number of unbranched alkanes of at least 4 members (excludes halogenated alkanes) is 1. The number of aromatic nitrogens is 2. The number of halogens is 1. The normalized spacial score (nSPS) is 11.9. The van der Waals surface area contributed by atoms with E-state index < -0.39 is 0 Å². The fourth-order valence-corrected chi connectivity index (χ4v) is 4.79. The highest BCUT2D eigenvalue weighted by Gasteiger charge is 2.28. The lowest BCUT2D eigenvalue weighted by Crippen LogP contribution is -2.41. The maximum atomic E-state index is 13.7. The van der Waals surface area contributed by atoms with E-state index in [2.05, 4.69) is 28.2 Å². The standard InChI is InChI=1S/C29H31BrN4O2/c1-3-5-18-33(29(36)31-23-15-11-14-22(30)19-23)26(4-2)27-32-25-17-10-9-16-24(25)28(35)34(27)20-21-12-7-6-8-13-21/h6-17,19,26H,3-5,18,20H2,1-2H3,(H,31,36). The zero-order valence-electron chi connectivity index (χ0n) is 20.7. The number of hydrogen-bond donors (Lipinski definition) is 1. The number of urea groups is 1. The summed E-state index contributed by atoms with van der Waals surface area (Å²) in [5.74, 6) is 0.602. The lowest BCUT2D eigenvalue weighted by atomic mass is 10.1. The van der Waals surface area contributed by atoms with Crippen LogP contribution in [0.1, 0.15) is 50.5 Å². The van der Waals surface area contributed by atoms with Crippen LogP contribution in [0.5, 0.6) is 0 Å². The maximum Gasteiger partial charge on any atom is 0.322 e. The molecule has 186 valence electrons. The van der Waals surface area contributed by atoms with E-state index in [-0.39, 0.29) is 17.6 Å². The van der Waals surface area contributed by atoms with Gasteiger partial charge >= 0.3 is 6.03 Å². The van der Waals surface area contributed by atoms with Crippen LogP contribution in [-0.4, -0.2) is 27.0 Å². The molecule has 36 heavy (non-hydrogen) atoms. The number of nitrogens with one attached hydrogen (secondary N) is 1. The Balaban J connectivity index is 1.80. The third-order valence-electron chi connectivity index (χ3n) is 6.22. The van der Waals surface area contributed by atoms with Gasteiger partial charge in [-0.1, -0.05) is 84.7 Å². The van der Waals surface area contributed by atoms with E-state index in [1.165, 1.54) is 0 Å². The number of amides is 2. The minimum absolute atomic E-state index is 0.0965. The Morgan fingerprint density at radius 2 is 1.78 bits per heavy atom. The average Bonchev–Trinajstić information content (AvgIpc) is 2.89. The summed E-state index contributed by atoms with van der Waals surface area (Å²) in [5.41, 5.74) is 2.26. The minimum atomic E-state index is -0.371. The van der Waals surface area contributed by atoms with E-state index in [0.717, 1.165) is 22.9 Å². The van der Waals surface area contributed by atoms with Crippen molar-refractivity contribution in [3.8, 4) is 0 Å². The maximum absolute atomic E-state index is 13.7. The molecular formula is C29H31BrN4O2. The molecule has 0 saturated heterocycles. The van der Waals surface area contributed by atoms with Crippen molar-refractivity contribution in [1.82, 2.24) is 14.5 Å². The molecule has 0 aliphatic heterocycles. The summed E-state index contributed by atoms with van der Waals surface area (Å²) >= 11 is 3.47. The number of carbonyl (C=O) groups excluding carboxylic acids is 1. The summed E-state index contributed by atoms with van der Waals surface area (Å²) in [6.07, 6.45) is 2.41. The number of hydrogen-bond acceptors (Lipinski definition) is 3. The van der Waals surface area contributed by atoms with E-state index >= 15 is 0 Å². The van der Waals surface area contributed by atoms with Gasteiger partial charge in [-0.05, 0) is 48.7 Å². The van der Waals surface area contributed by atoms with Crippen molar-refractivity contribution in [2.75, 3.05) is 11.9 Å². The van der Waals surface area contributed by atoms with Gasteiger partial charge in [0.1, 0.15) is 5.82 Å². The van der Waals surface area contributed by atoms with E-state index in [1.54, 1.807) is 4.57 Å². The molecule has 0 bridgehead atoms. The first-order chi connectivity index (χ1) is 17.5. The van der Waals surface area contributed by atoms with Crippen LogP contribution in [0, 0.1) is 0 Å². The van der Waals surface area contributed by atoms with Crippen LogP contribution in [0.2, 0.25) is 0 Å². The molecule has 0 radical (unpaired) electrons. The molecule has 0 spiro atoms. The minimum Gasteiger partial charge on any atom is -0.314 e. The summed E-state index contributed by atoms with van der Waals surface area (Å²) in [7, 11) is 0. The molecule has 4 aromatic rings. The molecule has 1 N–H and O–H groups in total. The van der Waals surface area contributed by atoms with Gasteiger partial charge in [-0.3, -0.25) is 9.36 Å². The van der Waals surface area contributed by atoms with E-state index in [1.807, 2.05) is 90.7 Å². The predicted molar refractivity (Wildman–Crippen MR) is 149 cm³/mol. The molecule has 1 atom stereocenters. The summed E-state index contributed by atoms with van der Waals surface area (Å²) in [5, 5.41) is 3.61. The van der Waals surface area contributed by atoms with Gasteiger partial charge in [-0.25, -0.2) is 9.78 Å². The molecule has 0 fully saturated rings. The van der Waals surface area contributed by atoms with Crippen molar-refractivity contribution in [3.63, 3.8) is 0 Å². The number of carbonyl (C=O) groups is 1. The summed E-state index contributed by atoms with van der Waals surface area (Å²) in [4.78, 5) is 34.1. The zero-order valence-corrected chi connectivity index (χ0v) is 22.2. The second-order valence-electron chi connectivity index (χ2n) is 8.78. The Labute approximate surface area is 220 Å². The number of anilines is 1. The summed E-state index contributed by atoms with van der Waals surface area (Å²) in [6.45, 7) is 5.08. The van der Waals surface area contributed by atoms with Crippen LogP contribution in [0.25, 0.3) is 10.9 Å². The number of para-hydroxylation sites is 1. The monoisotopic (exact) mass is 546 g/mol. The number of benzene rings is 3. The Kier molecular flexibility index (Phi) is 8.54. The van der Waals surface area contributed by atoms with Gasteiger partial charge in [0.15, 0.2) is 0 Å². The molecule has 6 nitrogen and oxygen atoms in total. The fraction of sp³-hybridized carbons (Fsp3) is 0.276. The highest BCUT2D eigenvalue weighted by molar-refractivity contribution is 9.10. The van der Waals surface area contributed by atoms with Crippen LogP contribution in [0.3, 0.4) is 0 Å². The van der Waals surface area contributed by atoms with Crippen LogP contribution in [0.4, 0.5) is 10.5 Å². The Bertz CT molecular complexity index is 1390. The van der Waals surface area contributed by atoms with Crippen molar-refractivity contribution in [2.24, 2.45) is 0 Å². The second kappa shape index (κ2) is 12.0. The van der Waals surface area contributed by atoms with E-state index in [4.69, 9.17) is 4.98 Å². The third-order valence-corrected chi connectivity index (χ3v) is 6.72. The van der Waals surface area contributed by atoms with Gasteiger partial charge in [0.2, 0.25) is 0 Å². The largest absolute Gasteiger partial charge is 0.322 e.